The van der Waals surface area contributed by atoms with Gasteiger partial charge in [0.05, 0.1) is 18.8 Å². The Balaban J connectivity index is 1.85. The van der Waals surface area contributed by atoms with Gasteiger partial charge in [0.15, 0.2) is 4.47 Å². The normalized spacial score (nSPS) is 23.4. The van der Waals surface area contributed by atoms with Crippen LogP contribution in [0, 0.1) is 0 Å². The second kappa shape index (κ2) is 6.54. The lowest BCUT2D eigenvalue weighted by Gasteiger charge is -2.36. The van der Waals surface area contributed by atoms with Crippen LogP contribution in [0.15, 0.2) is 6.20 Å². The molecule has 2 rings (SSSR count). The molecule has 1 aliphatic heterocycles. The zero-order valence-corrected chi connectivity index (χ0v) is 12.6. The van der Waals surface area contributed by atoms with Crippen LogP contribution in [0.5, 0.6) is 0 Å². The number of hydrogen-bond acceptors (Lipinski definition) is 4. The van der Waals surface area contributed by atoms with E-state index in [4.69, 9.17) is 16.3 Å². The van der Waals surface area contributed by atoms with Gasteiger partial charge >= 0.3 is 6.03 Å². The van der Waals surface area contributed by atoms with Gasteiger partial charge in [0.25, 0.3) is 0 Å². The van der Waals surface area contributed by atoms with E-state index < -0.39 is 0 Å². The number of carbonyl (C=O) groups is 1. The van der Waals surface area contributed by atoms with E-state index in [9.17, 15) is 4.79 Å². The molecule has 1 N–H and O–H groups in total. The van der Waals surface area contributed by atoms with Gasteiger partial charge < -0.3 is 15.0 Å². The summed E-state index contributed by atoms with van der Waals surface area (Å²) < 4.78 is 6.23. The van der Waals surface area contributed by atoms with Gasteiger partial charge in [0.2, 0.25) is 0 Å². The van der Waals surface area contributed by atoms with Crippen LogP contribution in [0.4, 0.5) is 4.79 Å². The molecular formula is C12H18ClN3O2S. The molecule has 2 unspecified atom stereocenters. The highest BCUT2D eigenvalue weighted by molar-refractivity contribution is 7.15. The van der Waals surface area contributed by atoms with E-state index in [-0.39, 0.29) is 18.2 Å². The molecule has 1 aromatic rings. The number of ether oxygens (including phenoxy) is 1. The van der Waals surface area contributed by atoms with Gasteiger partial charge in [-0.1, -0.05) is 18.5 Å². The summed E-state index contributed by atoms with van der Waals surface area (Å²) in [5, 5.41) is 2.89. The van der Waals surface area contributed by atoms with Crippen LogP contribution in [-0.2, 0) is 11.3 Å². The number of thiazole rings is 1. The van der Waals surface area contributed by atoms with Gasteiger partial charge in [-0.15, -0.1) is 11.3 Å². The van der Waals surface area contributed by atoms with E-state index >= 15 is 0 Å². The van der Waals surface area contributed by atoms with Gasteiger partial charge in [-0.25, -0.2) is 9.78 Å². The third-order valence-electron chi connectivity index (χ3n) is 3.01. The smallest absolute Gasteiger partial charge is 0.317 e. The lowest BCUT2D eigenvalue weighted by atomic mass is 10.2. The number of morpholine rings is 1. The molecule has 2 heterocycles. The Morgan fingerprint density at radius 1 is 1.68 bits per heavy atom. The van der Waals surface area contributed by atoms with Crippen LogP contribution in [0.1, 0.15) is 25.1 Å². The van der Waals surface area contributed by atoms with Gasteiger partial charge in [-0.2, -0.15) is 0 Å². The highest BCUT2D eigenvalue weighted by Crippen LogP contribution is 2.18. The average Bonchev–Trinajstić information content (AvgIpc) is 2.81. The van der Waals surface area contributed by atoms with Crippen LogP contribution in [0.3, 0.4) is 0 Å². The molecule has 1 aliphatic rings. The Hall–Kier alpha value is -0.850. The first kappa shape index (κ1) is 14.6. The fourth-order valence-electron chi connectivity index (χ4n) is 2.08. The van der Waals surface area contributed by atoms with Gasteiger partial charge in [-0.05, 0) is 13.3 Å². The van der Waals surface area contributed by atoms with Crippen molar-refractivity contribution in [3.63, 3.8) is 0 Å². The van der Waals surface area contributed by atoms with Crippen molar-refractivity contribution in [3.8, 4) is 0 Å². The zero-order valence-electron chi connectivity index (χ0n) is 11.1. The van der Waals surface area contributed by atoms with Crippen molar-refractivity contribution in [2.45, 2.75) is 39.0 Å². The van der Waals surface area contributed by atoms with Crippen molar-refractivity contribution in [1.82, 2.24) is 15.2 Å². The summed E-state index contributed by atoms with van der Waals surface area (Å²) in [6.45, 7) is 5.80. The summed E-state index contributed by atoms with van der Waals surface area (Å²) in [7, 11) is 0. The second-order valence-corrected chi connectivity index (χ2v) is 6.32. The number of nitrogens with zero attached hydrogens (tertiary/aromatic N) is 2. The quantitative estimate of drug-likeness (QED) is 0.933. The SMILES string of the molecule is CCC1CN(C(=O)NCc2cnc(Cl)s2)CC(C)O1. The number of halogens is 1. The lowest BCUT2D eigenvalue weighted by molar-refractivity contribution is -0.0646. The molecule has 0 bridgehead atoms. The first-order chi connectivity index (χ1) is 9.08. The number of urea groups is 1. The van der Waals surface area contributed by atoms with Crippen molar-refractivity contribution < 1.29 is 9.53 Å². The fraction of sp³-hybridized carbons (Fsp3) is 0.667. The number of hydrogen-bond donors (Lipinski definition) is 1. The molecule has 0 aromatic carbocycles. The van der Waals surface area contributed by atoms with Crippen molar-refractivity contribution in [2.24, 2.45) is 0 Å². The standard InChI is InChI=1S/C12H18ClN3O2S/c1-3-9-7-16(6-8(2)18-9)12(17)15-5-10-4-14-11(13)19-10/h4,8-9H,3,5-7H2,1-2H3,(H,15,17). The van der Waals surface area contributed by atoms with Crippen molar-refractivity contribution >= 4 is 29.0 Å². The van der Waals surface area contributed by atoms with Crippen LogP contribution >= 0.6 is 22.9 Å². The Kier molecular flexibility index (Phi) is 5.01. The molecular weight excluding hydrogens is 286 g/mol. The molecule has 1 aromatic heterocycles. The van der Waals surface area contributed by atoms with E-state index in [0.717, 1.165) is 11.3 Å². The minimum absolute atomic E-state index is 0.0573. The predicted molar refractivity (Wildman–Crippen MR) is 75.6 cm³/mol. The van der Waals surface area contributed by atoms with E-state index in [1.807, 2.05) is 11.8 Å². The molecule has 0 saturated carbocycles. The molecule has 0 aliphatic carbocycles. The maximum Gasteiger partial charge on any atom is 0.317 e. The van der Waals surface area contributed by atoms with Crippen LogP contribution in [-0.4, -0.2) is 41.2 Å². The number of rotatable bonds is 3. The molecule has 1 fully saturated rings. The Morgan fingerprint density at radius 2 is 2.47 bits per heavy atom. The van der Waals surface area contributed by atoms with E-state index in [2.05, 4.69) is 17.2 Å². The Morgan fingerprint density at radius 3 is 3.11 bits per heavy atom. The van der Waals surface area contributed by atoms with Crippen LogP contribution in [0.2, 0.25) is 4.47 Å². The van der Waals surface area contributed by atoms with Crippen molar-refractivity contribution in [1.29, 1.82) is 0 Å². The van der Waals surface area contributed by atoms with E-state index in [1.165, 1.54) is 11.3 Å². The summed E-state index contributed by atoms with van der Waals surface area (Å²) in [4.78, 5) is 18.8. The maximum absolute atomic E-state index is 12.1. The number of aromatic nitrogens is 1. The zero-order chi connectivity index (χ0) is 13.8. The number of amides is 2. The molecule has 0 spiro atoms. The Labute approximate surface area is 121 Å². The summed E-state index contributed by atoms with van der Waals surface area (Å²) in [5.74, 6) is 0. The molecule has 19 heavy (non-hydrogen) atoms. The highest BCUT2D eigenvalue weighted by atomic mass is 35.5. The molecule has 1 saturated heterocycles. The molecule has 5 nitrogen and oxygen atoms in total. The summed E-state index contributed by atoms with van der Waals surface area (Å²) >= 11 is 7.13. The average molecular weight is 304 g/mol. The minimum atomic E-state index is -0.0573. The number of nitrogens with one attached hydrogen (secondary N) is 1. The van der Waals surface area contributed by atoms with E-state index in [1.54, 1.807) is 6.20 Å². The highest BCUT2D eigenvalue weighted by Gasteiger charge is 2.27. The van der Waals surface area contributed by atoms with E-state index in [0.29, 0.717) is 24.1 Å². The Bertz CT molecular complexity index is 440. The van der Waals surface area contributed by atoms with Gasteiger partial charge in [-0.3, -0.25) is 0 Å². The van der Waals surface area contributed by atoms with Gasteiger partial charge in [0.1, 0.15) is 0 Å². The topological polar surface area (TPSA) is 54.5 Å². The predicted octanol–water partition coefficient (Wildman–Crippen LogP) is 2.51. The molecule has 2 atom stereocenters. The third-order valence-corrected chi connectivity index (χ3v) is 4.12. The number of carbonyl (C=O) groups excluding carboxylic acids is 1. The molecule has 106 valence electrons. The van der Waals surface area contributed by atoms with Crippen LogP contribution < -0.4 is 5.32 Å². The summed E-state index contributed by atoms with van der Waals surface area (Å²) in [5.41, 5.74) is 0. The second-order valence-electron chi connectivity index (χ2n) is 4.62. The lowest BCUT2D eigenvalue weighted by Crippen LogP contribution is -2.52. The largest absolute Gasteiger partial charge is 0.372 e. The fourth-order valence-corrected chi connectivity index (χ4v) is 2.99. The first-order valence-electron chi connectivity index (χ1n) is 6.37. The van der Waals surface area contributed by atoms with Crippen molar-refractivity contribution in [2.75, 3.05) is 13.1 Å². The monoisotopic (exact) mass is 303 g/mol. The summed E-state index contributed by atoms with van der Waals surface area (Å²) in [6.07, 6.45) is 2.82. The van der Waals surface area contributed by atoms with Crippen LogP contribution in [0.25, 0.3) is 0 Å². The first-order valence-corrected chi connectivity index (χ1v) is 7.56. The van der Waals surface area contributed by atoms with Crippen molar-refractivity contribution in [3.05, 3.63) is 15.5 Å². The maximum atomic E-state index is 12.1. The molecule has 2 amide bonds. The third kappa shape index (κ3) is 4.06. The van der Waals surface area contributed by atoms with Gasteiger partial charge in [0, 0.05) is 24.2 Å². The molecule has 0 radical (unpaired) electrons. The summed E-state index contributed by atoms with van der Waals surface area (Å²) in [6, 6.07) is -0.0573. The molecule has 7 heteroatoms. The minimum Gasteiger partial charge on any atom is -0.372 e.